The van der Waals surface area contributed by atoms with Gasteiger partial charge in [-0.1, -0.05) is 42.7 Å². The summed E-state index contributed by atoms with van der Waals surface area (Å²) in [6, 6.07) is 6.53. The molecule has 0 radical (unpaired) electrons. The van der Waals surface area contributed by atoms with Crippen LogP contribution in [0, 0.1) is 0 Å². The Balaban J connectivity index is 1.67. The summed E-state index contributed by atoms with van der Waals surface area (Å²) >= 11 is 1.63. The number of benzene rings is 1. The summed E-state index contributed by atoms with van der Waals surface area (Å²) in [5.74, 6) is -0.0779. The van der Waals surface area contributed by atoms with Crippen LogP contribution in [0.25, 0.3) is 10.6 Å². The number of fused-ring (bicyclic) bond motifs is 1. The van der Waals surface area contributed by atoms with Gasteiger partial charge in [0.15, 0.2) is 0 Å². The Morgan fingerprint density at radius 1 is 1.28 bits per heavy atom. The summed E-state index contributed by atoms with van der Waals surface area (Å²) in [6.07, 6.45) is 9.80. The van der Waals surface area contributed by atoms with E-state index in [1.54, 1.807) is 11.3 Å². The maximum Gasteiger partial charge on any atom is 0.203 e. The second kappa shape index (κ2) is 7.04. The molecule has 2 heterocycles. The van der Waals surface area contributed by atoms with E-state index in [2.05, 4.69) is 10.1 Å². The minimum atomic E-state index is -0.0779. The summed E-state index contributed by atoms with van der Waals surface area (Å²) in [7, 11) is 1.96. The number of carbonyl (C=O) groups is 1. The molecule has 1 saturated carbocycles. The normalized spacial score (nSPS) is 21.3. The molecule has 0 spiro atoms. The van der Waals surface area contributed by atoms with Gasteiger partial charge in [-0.2, -0.15) is 5.10 Å². The largest absolute Gasteiger partial charge is 0.303 e. The lowest BCUT2D eigenvalue weighted by Crippen LogP contribution is -2.18. The minimum Gasteiger partial charge on any atom is -0.303 e. The van der Waals surface area contributed by atoms with Crippen LogP contribution in [0.3, 0.4) is 0 Å². The fourth-order valence-corrected chi connectivity index (χ4v) is 4.52. The van der Waals surface area contributed by atoms with E-state index in [-0.39, 0.29) is 5.92 Å². The number of carbonyl (C=O) groups excluding carboxylic acids is 1. The fraction of sp³-hybridized carbons (Fsp3) is 0.474. The second-order valence-corrected chi connectivity index (χ2v) is 7.75. The molecule has 25 heavy (non-hydrogen) atoms. The van der Waals surface area contributed by atoms with E-state index >= 15 is 0 Å². The first kappa shape index (κ1) is 16.4. The molecule has 1 atom stereocenters. The van der Waals surface area contributed by atoms with E-state index in [9.17, 15) is 4.79 Å². The average Bonchev–Trinajstić information content (AvgIpc) is 3.02. The van der Waals surface area contributed by atoms with Crippen LogP contribution in [0.4, 0.5) is 5.69 Å². The molecule has 1 aliphatic heterocycles. The Morgan fingerprint density at radius 2 is 2.12 bits per heavy atom. The zero-order chi connectivity index (χ0) is 17.2. The minimum absolute atomic E-state index is 0.0779. The molecule has 0 bridgehead atoms. The summed E-state index contributed by atoms with van der Waals surface area (Å²) < 4.78 is 1.88. The lowest BCUT2D eigenvalue weighted by molar-refractivity contribution is -0.108. The van der Waals surface area contributed by atoms with Gasteiger partial charge in [-0.25, -0.2) is 4.68 Å². The third-order valence-electron chi connectivity index (χ3n) is 5.00. The molecule has 2 aromatic rings. The first-order valence-electron chi connectivity index (χ1n) is 8.95. The lowest BCUT2D eigenvalue weighted by Gasteiger charge is -2.16. The van der Waals surface area contributed by atoms with Crippen LogP contribution in [0.2, 0.25) is 0 Å². The quantitative estimate of drug-likeness (QED) is 0.788. The van der Waals surface area contributed by atoms with Crippen molar-refractivity contribution < 1.29 is 4.79 Å². The van der Waals surface area contributed by atoms with Crippen molar-refractivity contribution in [3.05, 3.63) is 28.6 Å². The van der Waals surface area contributed by atoms with Crippen LogP contribution < -0.4 is 4.80 Å². The standard InChI is InChI=1S/C19H22N4OS/c1-23-19(21-15-5-3-2-4-6-15)25-18(22-23)13-7-8-16-14(12-24)9-10-20-17(16)11-13/h7-8,10-12,14-15H,2-6,9H2,1H3. The van der Waals surface area contributed by atoms with Gasteiger partial charge in [-0.05, 0) is 30.9 Å². The fourth-order valence-electron chi connectivity index (χ4n) is 3.57. The van der Waals surface area contributed by atoms with E-state index < -0.39 is 0 Å². The molecule has 0 amide bonds. The molecule has 6 heteroatoms. The molecule has 2 aliphatic rings. The number of hydrogen-bond donors (Lipinski definition) is 0. The summed E-state index contributed by atoms with van der Waals surface area (Å²) in [5, 5.41) is 5.60. The molecular weight excluding hydrogens is 332 g/mol. The number of hydrogen-bond acceptors (Lipinski definition) is 5. The SMILES string of the molecule is Cn1nc(-c2ccc3c(c2)N=CCC3C=O)sc1=NC1CCCCC1. The maximum absolute atomic E-state index is 11.2. The summed E-state index contributed by atoms with van der Waals surface area (Å²) in [4.78, 5) is 21.6. The molecule has 130 valence electrons. The summed E-state index contributed by atoms with van der Waals surface area (Å²) in [5.41, 5.74) is 2.92. The zero-order valence-corrected chi connectivity index (χ0v) is 15.2. The van der Waals surface area contributed by atoms with E-state index in [1.165, 1.54) is 32.1 Å². The first-order valence-corrected chi connectivity index (χ1v) is 9.76. The number of aldehydes is 1. The highest BCUT2D eigenvalue weighted by atomic mass is 32.1. The maximum atomic E-state index is 11.2. The predicted molar refractivity (Wildman–Crippen MR) is 101 cm³/mol. The van der Waals surface area contributed by atoms with Gasteiger partial charge in [0.1, 0.15) is 11.3 Å². The van der Waals surface area contributed by atoms with Gasteiger partial charge in [0, 0.05) is 24.7 Å². The van der Waals surface area contributed by atoms with E-state index in [4.69, 9.17) is 4.99 Å². The third kappa shape index (κ3) is 3.35. The van der Waals surface area contributed by atoms with Gasteiger partial charge in [-0.15, -0.1) is 0 Å². The van der Waals surface area contributed by atoms with Crippen LogP contribution in [-0.2, 0) is 11.8 Å². The highest BCUT2D eigenvalue weighted by Crippen LogP contribution is 2.35. The number of aliphatic imine (C=N–C) groups is 1. The van der Waals surface area contributed by atoms with Gasteiger partial charge < -0.3 is 4.79 Å². The Hall–Kier alpha value is -2.08. The highest BCUT2D eigenvalue weighted by Gasteiger charge is 2.19. The number of rotatable bonds is 3. The van der Waals surface area contributed by atoms with Crippen molar-refractivity contribution in [1.82, 2.24) is 9.78 Å². The molecule has 4 rings (SSSR count). The molecule has 1 aliphatic carbocycles. The van der Waals surface area contributed by atoms with E-state index in [0.29, 0.717) is 12.5 Å². The molecular formula is C19H22N4OS. The Bertz CT molecular complexity index is 874. The van der Waals surface area contributed by atoms with Crippen molar-refractivity contribution in [2.75, 3.05) is 0 Å². The molecule has 0 saturated heterocycles. The van der Waals surface area contributed by atoms with Crippen molar-refractivity contribution in [1.29, 1.82) is 0 Å². The molecule has 1 aromatic heterocycles. The predicted octanol–water partition coefficient (Wildman–Crippen LogP) is 3.77. The average molecular weight is 354 g/mol. The van der Waals surface area contributed by atoms with Gasteiger partial charge in [0.2, 0.25) is 4.80 Å². The van der Waals surface area contributed by atoms with Gasteiger partial charge in [-0.3, -0.25) is 9.98 Å². The van der Waals surface area contributed by atoms with Crippen LogP contribution in [-0.4, -0.2) is 28.3 Å². The van der Waals surface area contributed by atoms with Crippen molar-refractivity contribution >= 4 is 29.5 Å². The lowest BCUT2D eigenvalue weighted by atomic mass is 9.93. The molecule has 1 unspecified atom stereocenters. The number of nitrogens with zero attached hydrogens (tertiary/aromatic N) is 4. The smallest absolute Gasteiger partial charge is 0.203 e. The number of aromatic nitrogens is 2. The van der Waals surface area contributed by atoms with Crippen LogP contribution in [0.5, 0.6) is 0 Å². The van der Waals surface area contributed by atoms with Crippen molar-refractivity contribution in [3.63, 3.8) is 0 Å². The van der Waals surface area contributed by atoms with Crippen molar-refractivity contribution in [2.24, 2.45) is 17.0 Å². The Kier molecular flexibility index (Phi) is 4.61. The van der Waals surface area contributed by atoms with Crippen molar-refractivity contribution in [2.45, 2.75) is 50.5 Å². The Morgan fingerprint density at radius 3 is 2.92 bits per heavy atom. The van der Waals surface area contributed by atoms with Crippen molar-refractivity contribution in [3.8, 4) is 10.6 Å². The zero-order valence-electron chi connectivity index (χ0n) is 14.4. The van der Waals surface area contributed by atoms with Gasteiger partial charge >= 0.3 is 0 Å². The van der Waals surface area contributed by atoms with E-state index in [1.807, 2.05) is 36.1 Å². The monoisotopic (exact) mass is 354 g/mol. The molecule has 5 nitrogen and oxygen atoms in total. The number of aryl methyl sites for hydroxylation is 1. The Labute approximate surface area is 151 Å². The first-order chi connectivity index (χ1) is 12.2. The van der Waals surface area contributed by atoms with Crippen LogP contribution in [0.1, 0.15) is 50.0 Å². The van der Waals surface area contributed by atoms with Crippen LogP contribution >= 0.6 is 11.3 Å². The second-order valence-electron chi connectivity index (χ2n) is 6.80. The molecule has 1 fully saturated rings. The highest BCUT2D eigenvalue weighted by molar-refractivity contribution is 7.12. The topological polar surface area (TPSA) is 59.6 Å². The third-order valence-corrected chi connectivity index (χ3v) is 6.07. The summed E-state index contributed by atoms with van der Waals surface area (Å²) in [6.45, 7) is 0. The van der Waals surface area contributed by atoms with Crippen LogP contribution in [0.15, 0.2) is 28.2 Å². The van der Waals surface area contributed by atoms with Gasteiger partial charge in [0.25, 0.3) is 0 Å². The molecule has 1 aromatic carbocycles. The molecule has 0 N–H and O–H groups in total. The van der Waals surface area contributed by atoms with E-state index in [0.717, 1.165) is 32.9 Å². The van der Waals surface area contributed by atoms with Gasteiger partial charge in [0.05, 0.1) is 11.7 Å².